The molecule has 3 rings (SSSR count). The van der Waals surface area contributed by atoms with Gasteiger partial charge in [-0.1, -0.05) is 30.3 Å². The Bertz CT molecular complexity index is 550. The Morgan fingerprint density at radius 3 is 1.56 bits per heavy atom. The van der Waals surface area contributed by atoms with E-state index in [1.807, 2.05) is 76.7 Å². The van der Waals surface area contributed by atoms with Crippen LogP contribution >= 0.6 is 0 Å². The molecule has 0 radical (unpaired) electrons. The van der Waals surface area contributed by atoms with Crippen LogP contribution in [-0.2, 0) is 21.1 Å². The maximum atomic E-state index is 2.96. The van der Waals surface area contributed by atoms with E-state index in [1.54, 1.807) is 0 Å². The van der Waals surface area contributed by atoms with E-state index in [0.29, 0.717) is 0 Å². The first-order valence-corrected chi connectivity index (χ1v) is 9.01. The Hall–Kier alpha value is -1.92. The van der Waals surface area contributed by atoms with Gasteiger partial charge in [-0.05, 0) is 6.42 Å². The number of hydrogen-bond donors (Lipinski definition) is 0. The van der Waals surface area contributed by atoms with Crippen LogP contribution in [0.4, 0.5) is 11.4 Å². The van der Waals surface area contributed by atoms with Crippen LogP contribution < -0.4 is 9.80 Å². The molecule has 0 heterocycles. The molecule has 2 nitrogen and oxygen atoms in total. The van der Waals surface area contributed by atoms with Crippen LogP contribution in [0, 0.1) is 18.6 Å². The smallest absolute Gasteiger partial charge is 0.00397 e. The third-order valence-corrected chi connectivity index (χ3v) is 3.65. The SMILES string of the molecule is C1=CCCC=CC[CH-]1.CN(C)c1cc[c-]cc1.CN(C)c1cc[c-]cc1.[Pt]. The van der Waals surface area contributed by atoms with Gasteiger partial charge < -0.3 is 9.80 Å². The van der Waals surface area contributed by atoms with Crippen LogP contribution in [0.5, 0.6) is 0 Å². The number of anilines is 2. The molecule has 0 aromatic heterocycles. The average molecular weight is 543 g/mol. The molecule has 0 bridgehead atoms. The van der Waals surface area contributed by atoms with Gasteiger partial charge in [0.05, 0.1) is 0 Å². The normalized spacial score (nSPS) is 11.7. The van der Waals surface area contributed by atoms with E-state index in [1.165, 1.54) is 24.2 Å². The average Bonchev–Trinajstić information content (AvgIpc) is 2.64. The summed E-state index contributed by atoms with van der Waals surface area (Å²) >= 11 is 0. The van der Waals surface area contributed by atoms with Crippen molar-refractivity contribution in [3.8, 4) is 0 Å². The van der Waals surface area contributed by atoms with Crippen molar-refractivity contribution >= 4 is 11.4 Å². The van der Waals surface area contributed by atoms with Crippen LogP contribution in [-0.4, -0.2) is 28.2 Å². The Labute approximate surface area is 180 Å². The van der Waals surface area contributed by atoms with Gasteiger partial charge in [-0.15, -0.1) is 30.3 Å². The Morgan fingerprint density at radius 2 is 1.15 bits per heavy atom. The Morgan fingerprint density at radius 1 is 0.704 bits per heavy atom. The molecule has 0 aliphatic heterocycles. The summed E-state index contributed by atoms with van der Waals surface area (Å²) in [5.41, 5.74) is 2.43. The molecule has 2 aromatic rings. The molecule has 0 saturated heterocycles. The minimum absolute atomic E-state index is 0. The largest absolute Gasteiger partial charge is 0.399 e. The molecular formula is C24H31N2Pt-3. The summed E-state index contributed by atoms with van der Waals surface area (Å²) in [6.07, 6.45) is 14.5. The summed E-state index contributed by atoms with van der Waals surface area (Å²) < 4.78 is 0. The number of nitrogens with zero attached hydrogens (tertiary/aromatic N) is 2. The molecule has 0 atom stereocenters. The monoisotopic (exact) mass is 542 g/mol. The maximum absolute atomic E-state index is 2.96. The second-order valence-corrected chi connectivity index (χ2v) is 6.25. The molecule has 1 aliphatic carbocycles. The molecule has 3 heteroatoms. The molecule has 2 aromatic carbocycles. The standard InChI is InChI=1S/2C8H10N.C8H11.Pt/c2*1-9(2)8-6-4-3-5-7-8;1-2-4-6-8-7-5-3-1;/h2*4-7H,1-2H3;1-3,6,8H,4-5,7H2;/q3*-1;. The zero-order valence-electron chi connectivity index (χ0n) is 16.8. The van der Waals surface area contributed by atoms with Gasteiger partial charge in [0, 0.05) is 49.3 Å². The fourth-order valence-electron chi connectivity index (χ4n) is 2.11. The van der Waals surface area contributed by atoms with Crippen LogP contribution in [0.3, 0.4) is 0 Å². The fraction of sp³-hybridized carbons (Fsp3) is 0.292. The van der Waals surface area contributed by atoms with Gasteiger partial charge in [0.25, 0.3) is 0 Å². The van der Waals surface area contributed by atoms with E-state index in [-0.39, 0.29) is 21.1 Å². The van der Waals surface area contributed by atoms with Gasteiger partial charge in [-0.3, -0.25) is 0 Å². The number of allylic oxidation sites excluding steroid dienone is 4. The van der Waals surface area contributed by atoms with E-state index in [2.05, 4.69) is 52.7 Å². The third kappa shape index (κ3) is 13.0. The second kappa shape index (κ2) is 16.3. The van der Waals surface area contributed by atoms with Gasteiger partial charge in [-0.25, -0.2) is 18.6 Å². The summed E-state index contributed by atoms with van der Waals surface area (Å²) in [6, 6.07) is 21.7. The van der Waals surface area contributed by atoms with Crippen molar-refractivity contribution in [2.24, 2.45) is 0 Å². The van der Waals surface area contributed by atoms with Gasteiger partial charge in [0.2, 0.25) is 0 Å². The van der Waals surface area contributed by atoms with E-state index < -0.39 is 0 Å². The first-order valence-electron chi connectivity index (χ1n) is 9.01. The van der Waals surface area contributed by atoms with Crippen LogP contribution in [0.2, 0.25) is 0 Å². The minimum atomic E-state index is 0. The molecule has 0 unspecified atom stereocenters. The van der Waals surface area contributed by atoms with Crippen molar-refractivity contribution in [2.75, 3.05) is 38.0 Å². The van der Waals surface area contributed by atoms with Crippen molar-refractivity contribution in [1.29, 1.82) is 0 Å². The fourth-order valence-corrected chi connectivity index (χ4v) is 2.11. The van der Waals surface area contributed by atoms with Gasteiger partial charge >= 0.3 is 0 Å². The van der Waals surface area contributed by atoms with E-state index in [4.69, 9.17) is 0 Å². The summed E-state index contributed by atoms with van der Waals surface area (Å²) in [5.74, 6) is 0. The van der Waals surface area contributed by atoms with Crippen molar-refractivity contribution in [3.63, 3.8) is 0 Å². The topological polar surface area (TPSA) is 6.48 Å². The molecule has 0 spiro atoms. The van der Waals surface area contributed by atoms with Crippen molar-refractivity contribution < 1.29 is 21.1 Å². The van der Waals surface area contributed by atoms with E-state index in [9.17, 15) is 0 Å². The maximum Gasteiger partial charge on any atom is 0.00397 e. The summed E-state index contributed by atoms with van der Waals surface area (Å²) in [5, 5.41) is 0. The molecule has 0 fully saturated rings. The molecule has 0 saturated carbocycles. The molecule has 27 heavy (non-hydrogen) atoms. The quantitative estimate of drug-likeness (QED) is 0.361. The van der Waals surface area contributed by atoms with Crippen molar-refractivity contribution in [2.45, 2.75) is 19.3 Å². The van der Waals surface area contributed by atoms with Crippen LogP contribution in [0.25, 0.3) is 0 Å². The predicted octanol–water partition coefficient (Wildman–Crippen LogP) is 5.59. The van der Waals surface area contributed by atoms with Gasteiger partial charge in [-0.2, -0.15) is 36.4 Å². The third-order valence-electron chi connectivity index (χ3n) is 3.65. The van der Waals surface area contributed by atoms with Crippen molar-refractivity contribution in [3.05, 3.63) is 91.4 Å². The predicted molar refractivity (Wildman–Crippen MR) is 116 cm³/mol. The zero-order valence-corrected chi connectivity index (χ0v) is 19.1. The number of rotatable bonds is 2. The molecule has 0 amide bonds. The molecule has 0 N–H and O–H groups in total. The minimum Gasteiger partial charge on any atom is -0.399 e. The van der Waals surface area contributed by atoms with E-state index >= 15 is 0 Å². The van der Waals surface area contributed by atoms with Crippen LogP contribution in [0.15, 0.2) is 72.8 Å². The Balaban J connectivity index is 0.000000369. The van der Waals surface area contributed by atoms with Gasteiger partial charge in [0.15, 0.2) is 0 Å². The van der Waals surface area contributed by atoms with Gasteiger partial charge in [0.1, 0.15) is 0 Å². The molecule has 1 aliphatic rings. The second-order valence-electron chi connectivity index (χ2n) is 6.25. The first-order chi connectivity index (χ1) is 12.6. The summed E-state index contributed by atoms with van der Waals surface area (Å²) in [7, 11) is 8.09. The van der Waals surface area contributed by atoms with Crippen LogP contribution in [0.1, 0.15) is 19.3 Å². The summed E-state index contributed by atoms with van der Waals surface area (Å²) in [4.78, 5) is 4.13. The van der Waals surface area contributed by atoms with E-state index in [0.717, 1.165) is 6.42 Å². The Kier molecular flexibility index (Phi) is 15.1. The van der Waals surface area contributed by atoms with Crippen molar-refractivity contribution in [1.82, 2.24) is 0 Å². The first kappa shape index (κ1) is 25.1. The zero-order chi connectivity index (χ0) is 19.0. The summed E-state index contributed by atoms with van der Waals surface area (Å²) in [6.45, 7) is 0. The molecule has 150 valence electrons. The number of benzene rings is 2. The molecular weight excluding hydrogens is 511 g/mol. The number of hydrogen-bond acceptors (Lipinski definition) is 2.